The molecule has 0 saturated heterocycles. The van der Waals surface area contributed by atoms with Gasteiger partial charge in [0.2, 0.25) is 0 Å². The Hall–Kier alpha value is -2.28. The van der Waals surface area contributed by atoms with Gasteiger partial charge in [0.05, 0.1) is 20.1 Å². The van der Waals surface area contributed by atoms with E-state index in [0.717, 1.165) is 5.56 Å². The molecule has 0 spiro atoms. The molecule has 0 amide bonds. The van der Waals surface area contributed by atoms with E-state index >= 15 is 0 Å². The zero-order valence-electron chi connectivity index (χ0n) is 13.1. The Bertz CT molecular complexity index is 594. The van der Waals surface area contributed by atoms with Crippen LogP contribution in [0.25, 0.3) is 0 Å². The lowest BCUT2D eigenvalue weighted by Crippen LogP contribution is -2.51. The molecular formula is C16H21NO6. The van der Waals surface area contributed by atoms with Crippen molar-refractivity contribution < 1.29 is 29.3 Å². The zero-order valence-corrected chi connectivity index (χ0v) is 13.1. The van der Waals surface area contributed by atoms with Crippen LogP contribution in [0.3, 0.4) is 0 Å². The maximum absolute atomic E-state index is 11.6. The maximum atomic E-state index is 11.6. The average molecular weight is 323 g/mol. The number of carbonyl (C=O) groups is 2. The Morgan fingerprint density at radius 1 is 1.22 bits per heavy atom. The normalized spacial score (nSPS) is 22.0. The SMILES string of the molecule is COc1cc(CCC(N)(C(=O)O)C2CC2C(=O)O)cc(OC)c1. The third kappa shape index (κ3) is 3.56. The monoisotopic (exact) mass is 323 g/mol. The van der Waals surface area contributed by atoms with Gasteiger partial charge in [-0.1, -0.05) is 0 Å². The number of benzene rings is 1. The number of aryl methyl sites for hydroxylation is 1. The van der Waals surface area contributed by atoms with Crippen molar-refractivity contribution in [2.75, 3.05) is 14.2 Å². The number of aliphatic carboxylic acids is 2. The molecule has 4 N–H and O–H groups in total. The van der Waals surface area contributed by atoms with E-state index in [9.17, 15) is 14.7 Å². The summed E-state index contributed by atoms with van der Waals surface area (Å²) in [7, 11) is 3.06. The van der Waals surface area contributed by atoms with Gasteiger partial charge < -0.3 is 25.4 Å². The molecular weight excluding hydrogens is 302 g/mol. The Balaban J connectivity index is 2.14. The quantitative estimate of drug-likeness (QED) is 0.656. The van der Waals surface area contributed by atoms with E-state index in [2.05, 4.69) is 0 Å². The van der Waals surface area contributed by atoms with Crippen LogP contribution in [0.1, 0.15) is 18.4 Å². The molecule has 1 aliphatic carbocycles. The molecule has 0 radical (unpaired) electrons. The lowest BCUT2D eigenvalue weighted by Gasteiger charge is -2.25. The van der Waals surface area contributed by atoms with Gasteiger partial charge >= 0.3 is 11.9 Å². The van der Waals surface area contributed by atoms with Crippen molar-refractivity contribution in [1.29, 1.82) is 0 Å². The van der Waals surface area contributed by atoms with Gasteiger partial charge in [-0.2, -0.15) is 0 Å². The molecule has 126 valence electrons. The number of methoxy groups -OCH3 is 2. The van der Waals surface area contributed by atoms with Crippen LogP contribution in [0.5, 0.6) is 11.5 Å². The zero-order chi connectivity index (χ0) is 17.2. The summed E-state index contributed by atoms with van der Waals surface area (Å²) in [4.78, 5) is 22.6. The molecule has 0 heterocycles. The van der Waals surface area contributed by atoms with Gasteiger partial charge in [0.25, 0.3) is 0 Å². The Kier molecular flexibility index (Phi) is 4.79. The van der Waals surface area contributed by atoms with E-state index in [0.29, 0.717) is 24.3 Å². The molecule has 1 aromatic rings. The standard InChI is InChI=1S/C16H21NO6/c1-22-10-5-9(6-11(7-10)23-2)3-4-16(17,15(20)21)13-8-12(13)14(18)19/h5-7,12-13H,3-4,8,17H2,1-2H3,(H,18,19)(H,20,21). The van der Waals surface area contributed by atoms with E-state index in [1.54, 1.807) is 18.2 Å². The number of carboxylic acids is 2. The summed E-state index contributed by atoms with van der Waals surface area (Å²) < 4.78 is 10.4. The maximum Gasteiger partial charge on any atom is 0.324 e. The third-order valence-electron chi connectivity index (χ3n) is 4.41. The molecule has 1 saturated carbocycles. The van der Waals surface area contributed by atoms with Crippen LogP contribution in [0.15, 0.2) is 18.2 Å². The van der Waals surface area contributed by atoms with Crippen LogP contribution in [-0.4, -0.2) is 41.9 Å². The van der Waals surface area contributed by atoms with Crippen LogP contribution in [-0.2, 0) is 16.0 Å². The van der Waals surface area contributed by atoms with Gasteiger partial charge in [0, 0.05) is 12.0 Å². The highest BCUT2D eigenvalue weighted by atomic mass is 16.5. The summed E-state index contributed by atoms with van der Waals surface area (Å²) in [5.74, 6) is -2.16. The predicted molar refractivity (Wildman–Crippen MR) is 81.7 cm³/mol. The number of hydrogen-bond donors (Lipinski definition) is 3. The van der Waals surface area contributed by atoms with Crippen LogP contribution >= 0.6 is 0 Å². The van der Waals surface area contributed by atoms with Crippen molar-refractivity contribution in [3.05, 3.63) is 23.8 Å². The average Bonchev–Trinajstić information content (AvgIpc) is 3.33. The van der Waals surface area contributed by atoms with Crippen LogP contribution < -0.4 is 15.2 Å². The first-order valence-electron chi connectivity index (χ1n) is 7.29. The van der Waals surface area contributed by atoms with Gasteiger partial charge in [-0.3, -0.25) is 9.59 Å². The fourth-order valence-corrected chi connectivity index (χ4v) is 2.85. The summed E-state index contributed by atoms with van der Waals surface area (Å²) in [6, 6.07) is 5.29. The Labute approximate surface area is 134 Å². The fourth-order valence-electron chi connectivity index (χ4n) is 2.85. The predicted octanol–water partition coefficient (Wildman–Crippen LogP) is 1.14. The van der Waals surface area contributed by atoms with E-state index < -0.39 is 29.3 Å². The molecule has 0 aromatic heterocycles. The molecule has 0 bridgehead atoms. The van der Waals surface area contributed by atoms with Crippen molar-refractivity contribution in [2.45, 2.75) is 24.8 Å². The van der Waals surface area contributed by atoms with Crippen LogP contribution in [0.4, 0.5) is 0 Å². The summed E-state index contributed by atoms with van der Waals surface area (Å²) in [6.07, 6.45) is 0.839. The van der Waals surface area contributed by atoms with Crippen molar-refractivity contribution in [1.82, 2.24) is 0 Å². The van der Waals surface area contributed by atoms with Crippen molar-refractivity contribution in [3.8, 4) is 11.5 Å². The lowest BCUT2D eigenvalue weighted by atomic mass is 9.86. The molecule has 1 fully saturated rings. The van der Waals surface area contributed by atoms with E-state index in [1.807, 2.05) is 0 Å². The number of ether oxygens (including phenoxy) is 2. The summed E-state index contributed by atoms with van der Waals surface area (Å²) in [5.41, 5.74) is 5.32. The highest BCUT2D eigenvalue weighted by molar-refractivity contribution is 5.83. The topological polar surface area (TPSA) is 119 Å². The summed E-state index contributed by atoms with van der Waals surface area (Å²) >= 11 is 0. The van der Waals surface area contributed by atoms with Crippen molar-refractivity contribution in [2.24, 2.45) is 17.6 Å². The third-order valence-corrected chi connectivity index (χ3v) is 4.41. The van der Waals surface area contributed by atoms with Gasteiger partial charge in [-0.05, 0) is 37.0 Å². The second-order valence-electron chi connectivity index (χ2n) is 5.85. The molecule has 3 atom stereocenters. The highest BCUT2D eigenvalue weighted by Gasteiger charge is 2.57. The number of nitrogens with two attached hydrogens (primary N) is 1. The van der Waals surface area contributed by atoms with Gasteiger partial charge in [0.15, 0.2) is 0 Å². The van der Waals surface area contributed by atoms with Gasteiger partial charge in [-0.25, -0.2) is 0 Å². The first kappa shape index (κ1) is 17.1. The Morgan fingerprint density at radius 2 is 1.78 bits per heavy atom. The molecule has 7 nitrogen and oxygen atoms in total. The summed E-state index contributed by atoms with van der Waals surface area (Å²) in [5, 5.41) is 18.5. The molecule has 2 rings (SSSR count). The van der Waals surface area contributed by atoms with Gasteiger partial charge in [-0.15, -0.1) is 0 Å². The van der Waals surface area contributed by atoms with E-state index in [4.69, 9.17) is 20.3 Å². The van der Waals surface area contributed by atoms with E-state index in [-0.39, 0.29) is 6.42 Å². The number of carboxylic acid groups (broad SMARTS) is 2. The highest BCUT2D eigenvalue weighted by Crippen LogP contribution is 2.47. The van der Waals surface area contributed by atoms with Crippen LogP contribution in [0, 0.1) is 11.8 Å². The molecule has 3 unspecified atom stereocenters. The minimum atomic E-state index is -1.54. The molecule has 1 aromatic carbocycles. The largest absolute Gasteiger partial charge is 0.497 e. The van der Waals surface area contributed by atoms with Crippen molar-refractivity contribution >= 4 is 11.9 Å². The fraction of sp³-hybridized carbons (Fsp3) is 0.500. The molecule has 7 heteroatoms. The minimum Gasteiger partial charge on any atom is -0.497 e. The Morgan fingerprint density at radius 3 is 2.17 bits per heavy atom. The number of rotatable bonds is 8. The second kappa shape index (κ2) is 6.45. The molecule has 1 aliphatic rings. The van der Waals surface area contributed by atoms with E-state index in [1.165, 1.54) is 14.2 Å². The van der Waals surface area contributed by atoms with Gasteiger partial charge in [0.1, 0.15) is 17.0 Å². The van der Waals surface area contributed by atoms with Crippen LogP contribution in [0.2, 0.25) is 0 Å². The van der Waals surface area contributed by atoms with Crippen molar-refractivity contribution in [3.63, 3.8) is 0 Å². The first-order valence-corrected chi connectivity index (χ1v) is 7.29. The number of hydrogen-bond acceptors (Lipinski definition) is 5. The second-order valence-corrected chi connectivity index (χ2v) is 5.85. The lowest BCUT2D eigenvalue weighted by molar-refractivity contribution is -0.145. The summed E-state index contributed by atoms with van der Waals surface area (Å²) in [6.45, 7) is 0. The smallest absolute Gasteiger partial charge is 0.324 e. The first-order chi connectivity index (χ1) is 10.8. The molecule has 0 aliphatic heterocycles. The molecule has 23 heavy (non-hydrogen) atoms. The minimum absolute atomic E-state index is 0.146.